The zero-order valence-corrected chi connectivity index (χ0v) is 19.0. The highest BCUT2D eigenvalue weighted by atomic mass is 35.5. The van der Waals surface area contributed by atoms with Crippen LogP contribution < -0.4 is 19.7 Å². The van der Waals surface area contributed by atoms with Gasteiger partial charge in [0.2, 0.25) is 5.91 Å². The van der Waals surface area contributed by atoms with Crippen molar-refractivity contribution >= 4 is 23.3 Å². The number of anilines is 1. The number of aromatic nitrogens is 2. The molecule has 1 aliphatic rings. The molecule has 1 amide bonds. The van der Waals surface area contributed by atoms with Crippen LogP contribution in [0.15, 0.2) is 48.5 Å². The van der Waals surface area contributed by atoms with E-state index in [4.69, 9.17) is 21.1 Å². The Morgan fingerprint density at radius 3 is 2.50 bits per heavy atom. The minimum atomic E-state index is 0.0143. The van der Waals surface area contributed by atoms with Crippen LogP contribution in [0.25, 0.3) is 11.3 Å². The number of carbonyl (C=O) groups excluding carboxylic acids is 1. The number of aromatic amines is 1. The van der Waals surface area contributed by atoms with Gasteiger partial charge in [0.1, 0.15) is 0 Å². The second kappa shape index (κ2) is 9.96. The fourth-order valence-electron chi connectivity index (χ4n) is 3.96. The van der Waals surface area contributed by atoms with Crippen LogP contribution in [0.1, 0.15) is 18.4 Å². The van der Waals surface area contributed by atoms with Crippen LogP contribution in [0.2, 0.25) is 5.02 Å². The highest BCUT2D eigenvalue weighted by Crippen LogP contribution is 2.28. The molecule has 0 bridgehead atoms. The number of benzene rings is 2. The van der Waals surface area contributed by atoms with Gasteiger partial charge < -0.3 is 19.7 Å². The standard InChI is InChI=1S/C24H27ClN4O3/c1-31-21-8-3-16(13-22(21)32-2)14-24(30)26-19-9-11-29(12-10-19)23-15-20(27-28-23)17-4-6-18(25)7-5-17/h3-8,13,15,19H,9-12,14H2,1-2H3,(H,26,30)(H,27,28). The second-order valence-electron chi connectivity index (χ2n) is 7.84. The Bertz CT molecular complexity index is 1060. The van der Waals surface area contributed by atoms with Crippen LogP contribution in [0.3, 0.4) is 0 Å². The minimum absolute atomic E-state index is 0.0143. The molecule has 2 N–H and O–H groups in total. The lowest BCUT2D eigenvalue weighted by Crippen LogP contribution is -2.45. The molecule has 0 spiro atoms. The van der Waals surface area contributed by atoms with E-state index < -0.39 is 0 Å². The first-order valence-corrected chi connectivity index (χ1v) is 11.0. The maximum atomic E-state index is 12.5. The molecule has 0 atom stereocenters. The summed E-state index contributed by atoms with van der Waals surface area (Å²) in [7, 11) is 3.19. The predicted molar refractivity (Wildman–Crippen MR) is 126 cm³/mol. The first-order chi connectivity index (χ1) is 15.6. The number of halogens is 1. The number of H-pyrrole nitrogens is 1. The number of nitrogens with zero attached hydrogens (tertiary/aromatic N) is 2. The molecule has 1 saturated heterocycles. The Labute approximate surface area is 192 Å². The molecule has 0 aliphatic carbocycles. The smallest absolute Gasteiger partial charge is 0.224 e. The van der Waals surface area contributed by atoms with Crippen molar-refractivity contribution in [3.8, 4) is 22.8 Å². The molecule has 7 nitrogen and oxygen atoms in total. The van der Waals surface area contributed by atoms with E-state index in [9.17, 15) is 4.79 Å². The molecular weight excluding hydrogens is 428 g/mol. The van der Waals surface area contributed by atoms with E-state index in [1.54, 1.807) is 14.2 Å². The lowest BCUT2D eigenvalue weighted by molar-refractivity contribution is -0.121. The summed E-state index contributed by atoms with van der Waals surface area (Å²) in [6.45, 7) is 1.68. The molecule has 8 heteroatoms. The van der Waals surface area contributed by atoms with Crippen molar-refractivity contribution in [3.63, 3.8) is 0 Å². The summed E-state index contributed by atoms with van der Waals surface area (Å²) in [6.07, 6.45) is 2.06. The van der Waals surface area contributed by atoms with Crippen LogP contribution in [0.5, 0.6) is 11.5 Å². The van der Waals surface area contributed by atoms with Gasteiger partial charge in [0, 0.05) is 30.2 Å². The van der Waals surface area contributed by atoms with Gasteiger partial charge in [-0.25, -0.2) is 0 Å². The quantitative estimate of drug-likeness (QED) is 0.562. The molecule has 0 saturated carbocycles. The predicted octanol–water partition coefficient (Wildman–Crippen LogP) is 4.08. The van der Waals surface area contributed by atoms with Gasteiger partial charge >= 0.3 is 0 Å². The second-order valence-corrected chi connectivity index (χ2v) is 8.28. The van der Waals surface area contributed by atoms with E-state index >= 15 is 0 Å². The molecule has 2 aromatic carbocycles. The van der Waals surface area contributed by atoms with E-state index in [2.05, 4.69) is 26.5 Å². The zero-order valence-electron chi connectivity index (χ0n) is 18.2. The number of hydrogen-bond acceptors (Lipinski definition) is 5. The largest absolute Gasteiger partial charge is 0.493 e. The van der Waals surface area contributed by atoms with Gasteiger partial charge in [-0.15, -0.1) is 0 Å². The van der Waals surface area contributed by atoms with Gasteiger partial charge in [-0.05, 0) is 48.2 Å². The van der Waals surface area contributed by atoms with Gasteiger partial charge in [-0.2, -0.15) is 5.10 Å². The van der Waals surface area contributed by atoms with Crippen molar-refractivity contribution in [1.29, 1.82) is 0 Å². The van der Waals surface area contributed by atoms with Gasteiger partial charge in [0.15, 0.2) is 17.3 Å². The van der Waals surface area contributed by atoms with Crippen molar-refractivity contribution in [2.45, 2.75) is 25.3 Å². The first kappa shape index (κ1) is 22.0. The number of piperidine rings is 1. The third kappa shape index (κ3) is 5.16. The van der Waals surface area contributed by atoms with Crippen molar-refractivity contribution in [1.82, 2.24) is 15.5 Å². The Balaban J connectivity index is 1.29. The van der Waals surface area contributed by atoms with E-state index in [0.29, 0.717) is 22.9 Å². The molecule has 3 aromatic rings. The van der Waals surface area contributed by atoms with E-state index in [-0.39, 0.29) is 11.9 Å². The molecule has 1 aliphatic heterocycles. The SMILES string of the molecule is COc1ccc(CC(=O)NC2CCN(c3cc(-c4ccc(Cl)cc4)[nH]n3)CC2)cc1OC. The summed E-state index contributed by atoms with van der Waals surface area (Å²) < 4.78 is 10.6. The van der Waals surface area contributed by atoms with Gasteiger partial charge in [-0.3, -0.25) is 9.89 Å². The fraction of sp³-hybridized carbons (Fsp3) is 0.333. The topological polar surface area (TPSA) is 79.5 Å². The average molecular weight is 455 g/mol. The average Bonchev–Trinajstić information content (AvgIpc) is 3.30. The van der Waals surface area contributed by atoms with Gasteiger partial charge in [-0.1, -0.05) is 29.8 Å². The lowest BCUT2D eigenvalue weighted by atomic mass is 10.0. The number of nitrogens with one attached hydrogen (secondary N) is 2. The van der Waals surface area contributed by atoms with Crippen molar-refractivity contribution in [2.75, 3.05) is 32.2 Å². The molecule has 168 valence electrons. The molecule has 32 heavy (non-hydrogen) atoms. The van der Waals surface area contributed by atoms with Crippen LogP contribution in [0, 0.1) is 0 Å². The lowest BCUT2D eigenvalue weighted by Gasteiger charge is -2.32. The zero-order chi connectivity index (χ0) is 22.5. The number of ether oxygens (including phenoxy) is 2. The van der Waals surface area contributed by atoms with E-state index in [0.717, 1.165) is 48.6 Å². The Morgan fingerprint density at radius 2 is 1.81 bits per heavy atom. The van der Waals surface area contributed by atoms with Gasteiger partial charge in [0.25, 0.3) is 0 Å². The summed E-state index contributed by atoms with van der Waals surface area (Å²) in [5.74, 6) is 2.22. The molecule has 0 radical (unpaired) electrons. The molecule has 1 fully saturated rings. The van der Waals surface area contributed by atoms with Crippen molar-refractivity contribution in [3.05, 3.63) is 59.1 Å². The fourth-order valence-corrected chi connectivity index (χ4v) is 4.08. The first-order valence-electron chi connectivity index (χ1n) is 10.6. The van der Waals surface area contributed by atoms with Crippen molar-refractivity contribution < 1.29 is 14.3 Å². The molecule has 2 heterocycles. The number of amides is 1. The molecular formula is C24H27ClN4O3. The van der Waals surface area contributed by atoms with E-state index in [1.165, 1.54) is 0 Å². The highest BCUT2D eigenvalue weighted by molar-refractivity contribution is 6.30. The number of hydrogen-bond donors (Lipinski definition) is 2. The monoisotopic (exact) mass is 454 g/mol. The number of rotatable bonds is 7. The maximum Gasteiger partial charge on any atom is 0.224 e. The maximum absolute atomic E-state index is 12.5. The van der Waals surface area contributed by atoms with Crippen LogP contribution >= 0.6 is 11.6 Å². The van der Waals surface area contributed by atoms with Crippen LogP contribution in [-0.2, 0) is 11.2 Å². The third-order valence-electron chi connectivity index (χ3n) is 5.72. The summed E-state index contributed by atoms with van der Waals surface area (Å²) in [5.41, 5.74) is 2.90. The normalized spacial score (nSPS) is 14.3. The Kier molecular flexibility index (Phi) is 6.85. The summed E-state index contributed by atoms with van der Waals surface area (Å²) >= 11 is 5.97. The van der Waals surface area contributed by atoms with E-state index in [1.807, 2.05) is 42.5 Å². The number of methoxy groups -OCH3 is 2. The van der Waals surface area contributed by atoms with Crippen molar-refractivity contribution in [2.24, 2.45) is 0 Å². The molecule has 4 rings (SSSR count). The minimum Gasteiger partial charge on any atom is -0.493 e. The number of carbonyl (C=O) groups is 1. The van der Waals surface area contributed by atoms with Crippen LogP contribution in [-0.4, -0.2) is 49.5 Å². The Morgan fingerprint density at radius 1 is 1.09 bits per heavy atom. The third-order valence-corrected chi connectivity index (χ3v) is 5.97. The highest BCUT2D eigenvalue weighted by Gasteiger charge is 2.22. The summed E-state index contributed by atoms with van der Waals surface area (Å²) in [4.78, 5) is 14.8. The molecule has 0 unspecified atom stereocenters. The van der Waals surface area contributed by atoms with Gasteiger partial charge in [0.05, 0.1) is 26.3 Å². The summed E-state index contributed by atoms with van der Waals surface area (Å²) in [5, 5.41) is 11.4. The van der Waals surface area contributed by atoms with Crippen LogP contribution in [0.4, 0.5) is 5.82 Å². The Hall–Kier alpha value is -3.19. The summed E-state index contributed by atoms with van der Waals surface area (Å²) in [6, 6.07) is 15.5. The molecule has 1 aromatic heterocycles.